The largest absolute Gasteiger partial charge is 0.497 e. The van der Waals surface area contributed by atoms with Gasteiger partial charge < -0.3 is 14.5 Å². The van der Waals surface area contributed by atoms with Crippen molar-refractivity contribution >= 4 is 22.7 Å². The number of nitrogens with one attached hydrogen (secondary N) is 1. The van der Waals surface area contributed by atoms with Crippen LogP contribution in [0.5, 0.6) is 5.75 Å². The Hall–Kier alpha value is -2.82. The molecule has 0 aliphatic carbocycles. The molecule has 0 aliphatic rings. The van der Waals surface area contributed by atoms with Crippen molar-refractivity contribution in [1.82, 2.24) is 4.98 Å². The monoisotopic (exact) mass is 310 g/mol. The Bertz CT molecular complexity index is 778. The fourth-order valence-corrected chi connectivity index (χ4v) is 2.35. The maximum atomic E-state index is 12.0. The molecule has 0 unspecified atom stereocenters. The summed E-state index contributed by atoms with van der Waals surface area (Å²) >= 11 is 0. The average Bonchev–Trinajstić information content (AvgIpc) is 2.97. The fourth-order valence-electron chi connectivity index (χ4n) is 2.35. The molecule has 0 saturated carbocycles. The molecule has 0 radical (unpaired) electrons. The van der Waals surface area contributed by atoms with Gasteiger partial charge in [-0.05, 0) is 30.7 Å². The SMILES string of the molecule is COc1cccc(NC(=O)CCCc2nc3ccccc3o2)c1. The molecule has 0 atom stereocenters. The van der Waals surface area contributed by atoms with Gasteiger partial charge in [-0.2, -0.15) is 0 Å². The summed E-state index contributed by atoms with van der Waals surface area (Å²) in [7, 11) is 1.60. The van der Waals surface area contributed by atoms with Crippen molar-refractivity contribution in [2.75, 3.05) is 12.4 Å². The molecule has 0 fully saturated rings. The Balaban J connectivity index is 1.50. The predicted octanol–water partition coefficient (Wildman–Crippen LogP) is 3.80. The lowest BCUT2D eigenvalue weighted by Gasteiger charge is -2.06. The number of ether oxygens (including phenoxy) is 1. The molecule has 0 spiro atoms. The molecule has 5 nitrogen and oxygen atoms in total. The molecule has 0 aliphatic heterocycles. The van der Waals surface area contributed by atoms with E-state index in [1.807, 2.05) is 42.5 Å². The van der Waals surface area contributed by atoms with Crippen molar-refractivity contribution < 1.29 is 13.9 Å². The molecule has 3 aromatic rings. The zero-order valence-corrected chi connectivity index (χ0v) is 12.9. The molecular weight excluding hydrogens is 292 g/mol. The summed E-state index contributed by atoms with van der Waals surface area (Å²) < 4.78 is 10.8. The van der Waals surface area contributed by atoms with Crippen LogP contribution in [0.2, 0.25) is 0 Å². The van der Waals surface area contributed by atoms with Gasteiger partial charge in [0.2, 0.25) is 5.91 Å². The van der Waals surface area contributed by atoms with Gasteiger partial charge in [0, 0.05) is 24.6 Å². The minimum atomic E-state index is -0.0330. The van der Waals surface area contributed by atoms with E-state index in [0.717, 1.165) is 16.8 Å². The second-order valence-electron chi connectivity index (χ2n) is 5.21. The van der Waals surface area contributed by atoms with Crippen LogP contribution in [0.4, 0.5) is 5.69 Å². The first-order valence-corrected chi connectivity index (χ1v) is 7.53. The molecule has 23 heavy (non-hydrogen) atoms. The van der Waals surface area contributed by atoms with E-state index in [2.05, 4.69) is 10.3 Å². The smallest absolute Gasteiger partial charge is 0.224 e. The van der Waals surface area contributed by atoms with E-state index in [0.29, 0.717) is 30.9 Å². The van der Waals surface area contributed by atoms with Gasteiger partial charge >= 0.3 is 0 Å². The number of hydrogen-bond acceptors (Lipinski definition) is 4. The van der Waals surface area contributed by atoms with Crippen LogP contribution < -0.4 is 10.1 Å². The van der Waals surface area contributed by atoms with Crippen LogP contribution >= 0.6 is 0 Å². The maximum absolute atomic E-state index is 12.0. The molecule has 2 aromatic carbocycles. The summed E-state index contributed by atoms with van der Waals surface area (Å²) in [6.07, 6.45) is 1.73. The van der Waals surface area contributed by atoms with E-state index in [4.69, 9.17) is 9.15 Å². The predicted molar refractivity (Wildman–Crippen MR) is 88.6 cm³/mol. The summed E-state index contributed by atoms with van der Waals surface area (Å²) in [5.41, 5.74) is 2.36. The molecule has 0 bridgehead atoms. The topological polar surface area (TPSA) is 64.4 Å². The first kappa shape index (κ1) is 15.1. The van der Waals surface area contributed by atoms with Crippen molar-refractivity contribution in [1.29, 1.82) is 0 Å². The molecule has 5 heteroatoms. The van der Waals surface area contributed by atoms with Gasteiger partial charge in [0.1, 0.15) is 11.3 Å². The lowest BCUT2D eigenvalue weighted by molar-refractivity contribution is -0.116. The zero-order chi connectivity index (χ0) is 16.1. The number of benzene rings is 2. The molecule has 1 heterocycles. The number of aryl methyl sites for hydroxylation is 1. The lowest BCUT2D eigenvalue weighted by Crippen LogP contribution is -2.11. The van der Waals surface area contributed by atoms with Crippen molar-refractivity contribution in [3.63, 3.8) is 0 Å². The van der Waals surface area contributed by atoms with Gasteiger partial charge in [0.25, 0.3) is 0 Å². The van der Waals surface area contributed by atoms with Crippen molar-refractivity contribution in [2.24, 2.45) is 0 Å². The van der Waals surface area contributed by atoms with Crippen LogP contribution in [0.3, 0.4) is 0 Å². The van der Waals surface area contributed by atoms with E-state index in [1.54, 1.807) is 13.2 Å². The number of aromatic nitrogens is 1. The van der Waals surface area contributed by atoms with E-state index < -0.39 is 0 Å². The van der Waals surface area contributed by atoms with Gasteiger partial charge in [-0.3, -0.25) is 4.79 Å². The minimum absolute atomic E-state index is 0.0330. The van der Waals surface area contributed by atoms with E-state index in [9.17, 15) is 4.79 Å². The van der Waals surface area contributed by atoms with E-state index in [1.165, 1.54) is 0 Å². The Morgan fingerprint density at radius 1 is 1.22 bits per heavy atom. The molecule has 0 saturated heterocycles. The number of amides is 1. The van der Waals surface area contributed by atoms with Crippen LogP contribution in [0.1, 0.15) is 18.7 Å². The Kier molecular flexibility index (Phi) is 4.57. The van der Waals surface area contributed by atoms with E-state index >= 15 is 0 Å². The summed E-state index contributed by atoms with van der Waals surface area (Å²) in [6.45, 7) is 0. The maximum Gasteiger partial charge on any atom is 0.224 e. The molecule has 1 aromatic heterocycles. The van der Waals surface area contributed by atoms with Gasteiger partial charge in [-0.25, -0.2) is 4.98 Å². The van der Waals surface area contributed by atoms with Crippen molar-refractivity contribution in [3.8, 4) is 5.75 Å². The number of carbonyl (C=O) groups excluding carboxylic acids is 1. The van der Waals surface area contributed by atoms with Gasteiger partial charge in [0.15, 0.2) is 11.5 Å². The van der Waals surface area contributed by atoms with Crippen molar-refractivity contribution in [3.05, 3.63) is 54.4 Å². The Labute approximate surface area is 134 Å². The van der Waals surface area contributed by atoms with Crippen LogP contribution in [0.25, 0.3) is 11.1 Å². The quantitative estimate of drug-likeness (QED) is 0.752. The normalized spacial score (nSPS) is 10.7. The summed E-state index contributed by atoms with van der Waals surface area (Å²) in [4.78, 5) is 16.4. The molecule has 3 rings (SSSR count). The number of nitrogens with zero attached hydrogens (tertiary/aromatic N) is 1. The second-order valence-corrected chi connectivity index (χ2v) is 5.21. The van der Waals surface area contributed by atoms with E-state index in [-0.39, 0.29) is 5.91 Å². The Morgan fingerprint density at radius 2 is 2.09 bits per heavy atom. The summed E-state index contributed by atoms with van der Waals surface area (Å²) in [6, 6.07) is 14.9. The number of hydrogen-bond donors (Lipinski definition) is 1. The fraction of sp³-hybridized carbons (Fsp3) is 0.222. The highest BCUT2D eigenvalue weighted by Crippen LogP contribution is 2.18. The molecule has 1 amide bonds. The highest BCUT2D eigenvalue weighted by Gasteiger charge is 2.07. The van der Waals surface area contributed by atoms with Gasteiger partial charge in [-0.1, -0.05) is 18.2 Å². The molecular formula is C18H18N2O3. The Morgan fingerprint density at radius 3 is 2.91 bits per heavy atom. The van der Waals surface area contributed by atoms with Crippen LogP contribution in [0.15, 0.2) is 52.9 Å². The summed E-state index contributed by atoms with van der Waals surface area (Å²) in [5, 5.41) is 2.86. The minimum Gasteiger partial charge on any atom is -0.497 e. The average molecular weight is 310 g/mol. The number of methoxy groups -OCH3 is 1. The number of rotatable bonds is 6. The van der Waals surface area contributed by atoms with Crippen LogP contribution in [-0.4, -0.2) is 18.0 Å². The highest BCUT2D eigenvalue weighted by atomic mass is 16.5. The van der Waals surface area contributed by atoms with Gasteiger partial charge in [0.05, 0.1) is 7.11 Å². The number of anilines is 1. The summed E-state index contributed by atoms with van der Waals surface area (Å²) in [5.74, 6) is 1.35. The highest BCUT2D eigenvalue weighted by molar-refractivity contribution is 5.90. The number of oxazole rings is 1. The second kappa shape index (κ2) is 6.96. The van der Waals surface area contributed by atoms with Crippen LogP contribution in [0, 0.1) is 0 Å². The van der Waals surface area contributed by atoms with Crippen molar-refractivity contribution in [2.45, 2.75) is 19.3 Å². The van der Waals surface area contributed by atoms with Crippen LogP contribution in [-0.2, 0) is 11.2 Å². The first-order chi connectivity index (χ1) is 11.2. The number of carbonyl (C=O) groups is 1. The third-order valence-corrected chi connectivity index (χ3v) is 3.49. The standard InChI is InChI=1S/C18H18N2O3/c1-22-14-7-4-6-13(12-14)19-17(21)10-5-11-18-20-15-8-2-3-9-16(15)23-18/h2-4,6-9,12H,5,10-11H2,1H3,(H,19,21). The number of fused-ring (bicyclic) bond motifs is 1. The zero-order valence-electron chi connectivity index (χ0n) is 12.9. The van der Waals surface area contributed by atoms with Gasteiger partial charge in [-0.15, -0.1) is 0 Å². The lowest BCUT2D eigenvalue weighted by atomic mass is 10.2. The third kappa shape index (κ3) is 3.88. The molecule has 1 N–H and O–H groups in total. The molecule has 118 valence electrons. The first-order valence-electron chi connectivity index (χ1n) is 7.53. The third-order valence-electron chi connectivity index (χ3n) is 3.49. The number of para-hydroxylation sites is 2.